The van der Waals surface area contributed by atoms with Crippen molar-refractivity contribution in [3.63, 3.8) is 0 Å². The summed E-state index contributed by atoms with van der Waals surface area (Å²) in [7, 11) is -3.48. The molecule has 6 heteroatoms. The first-order valence-electron chi connectivity index (χ1n) is 4.13. The average molecular weight is 289 g/mol. The Labute approximate surface area is 97.1 Å². The van der Waals surface area contributed by atoms with Crippen molar-refractivity contribution in [1.82, 2.24) is 4.72 Å². The highest BCUT2D eigenvalue weighted by Crippen LogP contribution is 2.15. The van der Waals surface area contributed by atoms with E-state index in [1.165, 1.54) is 0 Å². The standard InChI is InChI=1S/C9H9BrN2O2S/c10-9-4-2-1-3-8(9)7-12-15(13,14)6-5-11/h1-4,12H,6-7H2. The number of benzene rings is 1. The number of hydrogen-bond donors (Lipinski definition) is 1. The van der Waals surface area contributed by atoms with Crippen LogP contribution in [0.3, 0.4) is 0 Å². The minimum Gasteiger partial charge on any atom is -0.211 e. The van der Waals surface area contributed by atoms with Gasteiger partial charge in [0.05, 0.1) is 6.07 Å². The molecular weight excluding hydrogens is 280 g/mol. The summed E-state index contributed by atoms with van der Waals surface area (Å²) >= 11 is 3.30. The molecule has 0 fully saturated rings. The summed E-state index contributed by atoms with van der Waals surface area (Å²) in [4.78, 5) is 0. The molecule has 4 nitrogen and oxygen atoms in total. The summed E-state index contributed by atoms with van der Waals surface area (Å²) in [5.74, 6) is -0.516. The third-order valence-corrected chi connectivity index (χ3v) is 3.56. The highest BCUT2D eigenvalue weighted by Gasteiger charge is 2.09. The smallest absolute Gasteiger partial charge is 0.211 e. The molecule has 0 spiro atoms. The lowest BCUT2D eigenvalue weighted by Gasteiger charge is -2.05. The number of halogens is 1. The van der Waals surface area contributed by atoms with Crippen LogP contribution >= 0.6 is 15.9 Å². The van der Waals surface area contributed by atoms with E-state index in [9.17, 15) is 8.42 Å². The van der Waals surface area contributed by atoms with Gasteiger partial charge < -0.3 is 0 Å². The highest BCUT2D eigenvalue weighted by molar-refractivity contribution is 9.10. The highest BCUT2D eigenvalue weighted by atomic mass is 79.9. The Bertz CT molecular complexity index is 479. The van der Waals surface area contributed by atoms with Gasteiger partial charge in [-0.3, -0.25) is 0 Å². The van der Waals surface area contributed by atoms with Crippen LogP contribution in [0.4, 0.5) is 0 Å². The van der Waals surface area contributed by atoms with E-state index in [-0.39, 0.29) is 6.54 Å². The van der Waals surface area contributed by atoms with E-state index in [2.05, 4.69) is 20.7 Å². The molecule has 0 aliphatic heterocycles. The predicted octanol–water partition coefficient (Wildman–Crippen LogP) is 1.39. The number of hydrogen-bond acceptors (Lipinski definition) is 3. The number of nitrogens with zero attached hydrogens (tertiary/aromatic N) is 1. The lowest BCUT2D eigenvalue weighted by molar-refractivity contribution is 0.584. The summed E-state index contributed by atoms with van der Waals surface area (Å²) < 4.78 is 25.5. The van der Waals surface area contributed by atoms with E-state index in [0.717, 1.165) is 10.0 Å². The molecule has 0 aliphatic rings. The van der Waals surface area contributed by atoms with Gasteiger partial charge in [-0.2, -0.15) is 5.26 Å². The second-order valence-electron chi connectivity index (χ2n) is 2.83. The van der Waals surface area contributed by atoms with E-state index in [1.54, 1.807) is 12.1 Å². The van der Waals surface area contributed by atoms with Crippen molar-refractivity contribution in [3.05, 3.63) is 34.3 Å². The molecule has 1 rings (SSSR count). The van der Waals surface area contributed by atoms with Crippen molar-refractivity contribution in [1.29, 1.82) is 5.26 Å². The molecule has 0 saturated heterocycles. The minimum absolute atomic E-state index is 0.186. The van der Waals surface area contributed by atoms with Crippen LogP contribution in [0.2, 0.25) is 0 Å². The first-order valence-corrected chi connectivity index (χ1v) is 6.57. The lowest BCUT2D eigenvalue weighted by Crippen LogP contribution is -2.25. The summed E-state index contributed by atoms with van der Waals surface area (Å²) in [5, 5.41) is 8.28. The van der Waals surface area contributed by atoms with Gasteiger partial charge in [-0.1, -0.05) is 34.1 Å². The van der Waals surface area contributed by atoms with Crippen LogP contribution in [0.15, 0.2) is 28.7 Å². The molecule has 1 aromatic rings. The quantitative estimate of drug-likeness (QED) is 0.910. The molecule has 0 heterocycles. The molecule has 0 bridgehead atoms. The summed E-state index contributed by atoms with van der Waals surface area (Å²) in [6.45, 7) is 0.186. The predicted molar refractivity (Wildman–Crippen MR) is 60.4 cm³/mol. The maximum atomic E-state index is 11.2. The average Bonchev–Trinajstić information content (AvgIpc) is 2.16. The summed E-state index contributed by atoms with van der Waals surface area (Å²) in [6, 6.07) is 8.89. The van der Waals surface area contributed by atoms with Crippen molar-refractivity contribution < 1.29 is 8.42 Å². The van der Waals surface area contributed by atoms with Crippen LogP contribution < -0.4 is 4.72 Å². The van der Waals surface area contributed by atoms with Gasteiger partial charge in [0.15, 0.2) is 5.75 Å². The summed E-state index contributed by atoms with van der Waals surface area (Å²) in [6.07, 6.45) is 0. The zero-order chi connectivity index (χ0) is 11.3. The molecule has 0 aliphatic carbocycles. The SMILES string of the molecule is N#CCS(=O)(=O)NCc1ccccc1Br. The largest absolute Gasteiger partial charge is 0.225 e. The van der Waals surface area contributed by atoms with Crippen molar-refractivity contribution in [3.8, 4) is 6.07 Å². The summed E-state index contributed by atoms with van der Waals surface area (Å²) in [5.41, 5.74) is 0.832. The first-order chi connectivity index (χ1) is 7.05. The Morgan fingerprint density at radius 3 is 2.67 bits per heavy atom. The molecule has 80 valence electrons. The molecule has 0 atom stereocenters. The Hall–Kier alpha value is -0.900. The minimum atomic E-state index is -3.48. The number of rotatable bonds is 4. The molecule has 0 radical (unpaired) electrons. The zero-order valence-corrected chi connectivity index (χ0v) is 10.2. The van der Waals surface area contributed by atoms with E-state index >= 15 is 0 Å². The molecule has 15 heavy (non-hydrogen) atoms. The van der Waals surface area contributed by atoms with Gasteiger partial charge in [0.25, 0.3) is 0 Å². The monoisotopic (exact) mass is 288 g/mol. The molecule has 0 aromatic heterocycles. The Kier molecular flexibility index (Phi) is 4.27. The van der Waals surface area contributed by atoms with Gasteiger partial charge in [0, 0.05) is 11.0 Å². The molecule has 1 aromatic carbocycles. The Morgan fingerprint density at radius 1 is 1.40 bits per heavy atom. The van der Waals surface area contributed by atoms with Crippen molar-refractivity contribution in [2.75, 3.05) is 5.75 Å². The van der Waals surface area contributed by atoms with Gasteiger partial charge in [-0.15, -0.1) is 0 Å². The zero-order valence-electron chi connectivity index (χ0n) is 7.77. The van der Waals surface area contributed by atoms with Gasteiger partial charge in [-0.25, -0.2) is 13.1 Å². The Balaban J connectivity index is 2.67. The van der Waals surface area contributed by atoms with Gasteiger partial charge in [-0.05, 0) is 11.6 Å². The number of nitriles is 1. The maximum absolute atomic E-state index is 11.2. The fourth-order valence-corrected chi connectivity index (χ4v) is 2.04. The van der Waals surface area contributed by atoms with Crippen LogP contribution in [-0.4, -0.2) is 14.2 Å². The van der Waals surface area contributed by atoms with Crippen LogP contribution in [0.25, 0.3) is 0 Å². The number of nitrogens with one attached hydrogen (secondary N) is 1. The van der Waals surface area contributed by atoms with Crippen LogP contribution in [-0.2, 0) is 16.6 Å². The van der Waals surface area contributed by atoms with Crippen molar-refractivity contribution >= 4 is 26.0 Å². The van der Waals surface area contributed by atoms with Crippen molar-refractivity contribution in [2.24, 2.45) is 0 Å². The van der Waals surface area contributed by atoms with E-state index in [0.29, 0.717) is 0 Å². The topological polar surface area (TPSA) is 70.0 Å². The van der Waals surface area contributed by atoms with Crippen LogP contribution in [0, 0.1) is 11.3 Å². The van der Waals surface area contributed by atoms with E-state index in [4.69, 9.17) is 5.26 Å². The first kappa shape index (κ1) is 12.2. The molecule has 1 N–H and O–H groups in total. The van der Waals surface area contributed by atoms with Gasteiger partial charge >= 0.3 is 0 Å². The third kappa shape index (κ3) is 4.00. The molecular formula is C9H9BrN2O2S. The van der Waals surface area contributed by atoms with Crippen LogP contribution in [0.5, 0.6) is 0 Å². The normalized spacial score (nSPS) is 10.9. The fourth-order valence-electron chi connectivity index (χ4n) is 0.965. The van der Waals surface area contributed by atoms with Crippen LogP contribution in [0.1, 0.15) is 5.56 Å². The van der Waals surface area contributed by atoms with Gasteiger partial charge in [0.2, 0.25) is 10.0 Å². The van der Waals surface area contributed by atoms with E-state index < -0.39 is 15.8 Å². The number of sulfonamides is 1. The van der Waals surface area contributed by atoms with Gasteiger partial charge in [0.1, 0.15) is 0 Å². The second kappa shape index (κ2) is 5.26. The molecule has 0 amide bonds. The van der Waals surface area contributed by atoms with Crippen molar-refractivity contribution in [2.45, 2.75) is 6.54 Å². The maximum Gasteiger partial charge on any atom is 0.225 e. The Morgan fingerprint density at radius 2 is 2.07 bits per heavy atom. The van der Waals surface area contributed by atoms with E-state index in [1.807, 2.05) is 18.2 Å². The molecule has 0 saturated carbocycles. The fraction of sp³-hybridized carbons (Fsp3) is 0.222. The third-order valence-electron chi connectivity index (χ3n) is 1.69. The lowest BCUT2D eigenvalue weighted by atomic mass is 10.2. The second-order valence-corrected chi connectivity index (χ2v) is 5.49. The molecule has 0 unspecified atom stereocenters.